The highest BCUT2D eigenvalue weighted by atomic mass is 16.2. The lowest BCUT2D eigenvalue weighted by molar-refractivity contribution is -0.123. The van der Waals surface area contributed by atoms with Crippen molar-refractivity contribution in [2.24, 2.45) is 11.7 Å². The quantitative estimate of drug-likeness (QED) is 0.905. The maximum absolute atomic E-state index is 12.5. The van der Waals surface area contributed by atoms with E-state index in [0.717, 1.165) is 29.4 Å². The summed E-state index contributed by atoms with van der Waals surface area (Å²) in [5.41, 5.74) is 7.07. The van der Waals surface area contributed by atoms with Gasteiger partial charge in [-0.05, 0) is 44.9 Å². The number of rotatable bonds is 3. The summed E-state index contributed by atoms with van der Waals surface area (Å²) in [6.45, 7) is 5.15. The zero-order valence-electron chi connectivity index (χ0n) is 14.0. The molecule has 7 nitrogen and oxygen atoms in total. The molecule has 3 rings (SSSR count). The van der Waals surface area contributed by atoms with E-state index in [9.17, 15) is 9.59 Å². The number of carbonyl (C=O) groups is 2. The first-order valence-corrected chi connectivity index (χ1v) is 8.28. The second-order valence-electron chi connectivity index (χ2n) is 6.57. The summed E-state index contributed by atoms with van der Waals surface area (Å²) in [7, 11) is 0. The minimum absolute atomic E-state index is 0.198. The molecule has 24 heavy (non-hydrogen) atoms. The minimum atomic E-state index is -0.338. The Balaban J connectivity index is 1.75. The number of likely N-dealkylation sites (tertiary alicyclic amines) is 1. The van der Waals surface area contributed by atoms with Gasteiger partial charge >= 0.3 is 6.03 Å². The number of nitrogens with one attached hydrogen (secondary N) is 1. The molecule has 0 radical (unpaired) electrons. The topological polar surface area (TPSA) is 93.2 Å². The zero-order valence-corrected chi connectivity index (χ0v) is 14.0. The fourth-order valence-corrected chi connectivity index (χ4v) is 3.12. The Labute approximate surface area is 140 Å². The molecule has 0 saturated carbocycles. The summed E-state index contributed by atoms with van der Waals surface area (Å²) in [5.74, 6) is -0.593. The summed E-state index contributed by atoms with van der Waals surface area (Å²) in [6.07, 6.45) is 3.36. The van der Waals surface area contributed by atoms with E-state index >= 15 is 0 Å². The molecule has 0 bridgehead atoms. The molecular formula is C17H23N5O2. The molecule has 3 amide bonds. The Morgan fingerprint density at radius 1 is 1.38 bits per heavy atom. The number of anilines is 1. The lowest BCUT2D eigenvalue weighted by atomic mass is 9.98. The summed E-state index contributed by atoms with van der Waals surface area (Å²) in [5, 5.41) is 8.33. The molecule has 1 aliphatic rings. The van der Waals surface area contributed by atoms with Crippen LogP contribution in [0.1, 0.15) is 32.7 Å². The van der Waals surface area contributed by atoms with E-state index in [4.69, 9.17) is 5.73 Å². The van der Waals surface area contributed by atoms with Crippen LogP contribution in [-0.2, 0) is 4.79 Å². The highest BCUT2D eigenvalue weighted by Gasteiger charge is 2.27. The van der Waals surface area contributed by atoms with Crippen molar-refractivity contribution in [3.63, 3.8) is 0 Å². The third-order valence-electron chi connectivity index (χ3n) is 4.45. The number of benzene rings is 1. The van der Waals surface area contributed by atoms with E-state index in [2.05, 4.69) is 24.3 Å². The molecule has 1 aromatic carbocycles. The fraction of sp³-hybridized carbons (Fsp3) is 0.471. The predicted octanol–water partition coefficient (Wildman–Crippen LogP) is 2.35. The Kier molecular flexibility index (Phi) is 4.42. The van der Waals surface area contributed by atoms with Crippen LogP contribution in [0, 0.1) is 5.92 Å². The largest absolute Gasteiger partial charge is 0.369 e. The van der Waals surface area contributed by atoms with E-state index in [0.29, 0.717) is 13.1 Å². The molecule has 1 aliphatic heterocycles. The van der Waals surface area contributed by atoms with Gasteiger partial charge in [0.25, 0.3) is 0 Å². The number of nitrogens with zero attached hydrogens (tertiary/aromatic N) is 3. The molecule has 1 atom stereocenters. The van der Waals surface area contributed by atoms with Gasteiger partial charge < -0.3 is 16.0 Å². The van der Waals surface area contributed by atoms with Gasteiger partial charge in [0.15, 0.2) is 0 Å². The first-order valence-electron chi connectivity index (χ1n) is 8.28. The van der Waals surface area contributed by atoms with E-state index in [1.807, 2.05) is 29.1 Å². The molecule has 0 spiro atoms. The summed E-state index contributed by atoms with van der Waals surface area (Å²) >= 11 is 0. The number of fused-ring (bicyclic) bond motifs is 1. The monoisotopic (exact) mass is 329 g/mol. The molecule has 2 aromatic rings. The minimum Gasteiger partial charge on any atom is -0.369 e. The lowest BCUT2D eigenvalue weighted by Gasteiger charge is -2.31. The van der Waals surface area contributed by atoms with Crippen molar-refractivity contribution in [1.29, 1.82) is 0 Å². The number of carbonyl (C=O) groups excluding carboxylic acids is 2. The number of amides is 3. The lowest BCUT2D eigenvalue weighted by Crippen LogP contribution is -2.45. The first-order chi connectivity index (χ1) is 11.5. The van der Waals surface area contributed by atoms with Crippen LogP contribution in [0.3, 0.4) is 0 Å². The molecule has 1 fully saturated rings. The summed E-state index contributed by atoms with van der Waals surface area (Å²) in [4.78, 5) is 25.5. The van der Waals surface area contributed by atoms with Gasteiger partial charge in [-0.1, -0.05) is 0 Å². The second kappa shape index (κ2) is 6.51. The van der Waals surface area contributed by atoms with Crippen LogP contribution in [0.4, 0.5) is 10.5 Å². The second-order valence-corrected chi connectivity index (χ2v) is 6.57. The normalized spacial score (nSPS) is 18.1. The molecular weight excluding hydrogens is 306 g/mol. The molecule has 1 saturated heterocycles. The van der Waals surface area contributed by atoms with Crippen LogP contribution < -0.4 is 11.1 Å². The SMILES string of the molecule is CC(C)n1ncc2ccc(NC(=O)N3CCCC(C(N)=O)C3)cc21. The van der Waals surface area contributed by atoms with Crippen LogP contribution in [0.25, 0.3) is 10.9 Å². The molecule has 2 heterocycles. The molecule has 3 N–H and O–H groups in total. The first kappa shape index (κ1) is 16.3. The Bertz CT molecular complexity index is 767. The number of aromatic nitrogens is 2. The number of piperidine rings is 1. The number of primary amides is 1. The van der Waals surface area contributed by atoms with Crippen molar-refractivity contribution in [2.75, 3.05) is 18.4 Å². The fourth-order valence-electron chi connectivity index (χ4n) is 3.12. The van der Waals surface area contributed by atoms with Gasteiger partial charge in [-0.25, -0.2) is 4.79 Å². The van der Waals surface area contributed by atoms with Gasteiger partial charge in [0, 0.05) is 30.2 Å². The number of hydrogen-bond acceptors (Lipinski definition) is 3. The van der Waals surface area contributed by atoms with E-state index in [1.54, 1.807) is 4.90 Å². The van der Waals surface area contributed by atoms with Crippen molar-refractivity contribution in [2.45, 2.75) is 32.7 Å². The molecule has 7 heteroatoms. The van der Waals surface area contributed by atoms with Gasteiger partial charge in [0.2, 0.25) is 5.91 Å². The van der Waals surface area contributed by atoms with Crippen molar-refractivity contribution >= 4 is 28.5 Å². The van der Waals surface area contributed by atoms with Crippen molar-refractivity contribution in [3.05, 3.63) is 24.4 Å². The summed E-state index contributed by atoms with van der Waals surface area (Å²) < 4.78 is 1.93. The van der Waals surface area contributed by atoms with Crippen LogP contribution in [0.5, 0.6) is 0 Å². The summed E-state index contributed by atoms with van der Waals surface area (Å²) in [6, 6.07) is 5.78. The Hall–Kier alpha value is -2.57. The molecule has 128 valence electrons. The number of nitrogens with two attached hydrogens (primary N) is 1. The molecule has 0 aliphatic carbocycles. The maximum Gasteiger partial charge on any atom is 0.321 e. The zero-order chi connectivity index (χ0) is 17.3. The van der Waals surface area contributed by atoms with Crippen LogP contribution >= 0.6 is 0 Å². The Morgan fingerprint density at radius 2 is 2.17 bits per heavy atom. The van der Waals surface area contributed by atoms with E-state index in [1.165, 1.54) is 0 Å². The molecule has 1 unspecified atom stereocenters. The smallest absolute Gasteiger partial charge is 0.321 e. The van der Waals surface area contributed by atoms with Crippen molar-refractivity contribution in [3.8, 4) is 0 Å². The number of hydrogen-bond donors (Lipinski definition) is 2. The van der Waals surface area contributed by atoms with Gasteiger partial charge in [-0.3, -0.25) is 9.48 Å². The van der Waals surface area contributed by atoms with E-state index in [-0.39, 0.29) is 23.9 Å². The highest BCUT2D eigenvalue weighted by Crippen LogP contribution is 2.23. The van der Waals surface area contributed by atoms with Crippen LogP contribution in [0.15, 0.2) is 24.4 Å². The Morgan fingerprint density at radius 3 is 2.88 bits per heavy atom. The van der Waals surface area contributed by atoms with Crippen molar-refractivity contribution in [1.82, 2.24) is 14.7 Å². The average Bonchev–Trinajstić information content (AvgIpc) is 2.98. The number of urea groups is 1. The predicted molar refractivity (Wildman–Crippen MR) is 92.6 cm³/mol. The third kappa shape index (κ3) is 3.20. The van der Waals surface area contributed by atoms with Gasteiger partial charge in [-0.15, -0.1) is 0 Å². The van der Waals surface area contributed by atoms with Crippen molar-refractivity contribution < 1.29 is 9.59 Å². The van der Waals surface area contributed by atoms with Gasteiger partial charge in [-0.2, -0.15) is 5.10 Å². The van der Waals surface area contributed by atoms with Crippen LogP contribution in [-0.4, -0.2) is 39.7 Å². The maximum atomic E-state index is 12.5. The average molecular weight is 329 g/mol. The highest BCUT2D eigenvalue weighted by molar-refractivity contribution is 5.93. The molecule has 1 aromatic heterocycles. The standard InChI is InChI=1S/C17H23N5O2/c1-11(2)22-15-8-14(6-5-12(15)9-19-22)20-17(24)21-7-3-4-13(10-21)16(18)23/h5-6,8-9,11,13H,3-4,7,10H2,1-2H3,(H2,18,23)(H,20,24). The third-order valence-corrected chi connectivity index (χ3v) is 4.45. The van der Waals surface area contributed by atoms with Gasteiger partial charge in [0.1, 0.15) is 0 Å². The van der Waals surface area contributed by atoms with E-state index < -0.39 is 0 Å². The van der Waals surface area contributed by atoms with Gasteiger partial charge in [0.05, 0.1) is 17.6 Å². The van der Waals surface area contributed by atoms with Crippen LogP contribution in [0.2, 0.25) is 0 Å².